The van der Waals surface area contributed by atoms with Crippen molar-refractivity contribution in [3.8, 4) is 17.2 Å². The molecule has 0 bridgehead atoms. The second-order valence-electron chi connectivity index (χ2n) is 2.97. The third-order valence-electron chi connectivity index (χ3n) is 2.11. The quantitative estimate of drug-likeness (QED) is 0.917. The average molecular weight is 280 g/mol. The van der Waals surface area contributed by atoms with E-state index < -0.39 is 5.91 Å². The first-order valence-corrected chi connectivity index (χ1v) is 5.21. The Labute approximate surface area is 108 Å². The van der Waals surface area contributed by atoms with Gasteiger partial charge in [-0.3, -0.25) is 4.79 Å². The van der Waals surface area contributed by atoms with Gasteiger partial charge in [-0.25, -0.2) is 0 Å². The Hall–Kier alpha value is -1.33. The number of carbonyl (C=O) groups is 1. The number of amides is 1. The summed E-state index contributed by atoms with van der Waals surface area (Å²) in [6.07, 6.45) is 0. The van der Waals surface area contributed by atoms with Gasteiger partial charge in [0, 0.05) is 0 Å². The highest BCUT2D eigenvalue weighted by Crippen LogP contribution is 2.49. The van der Waals surface area contributed by atoms with Gasteiger partial charge in [-0.05, 0) is 0 Å². The molecule has 0 aliphatic rings. The minimum atomic E-state index is -0.778. The Balaban J connectivity index is 3.73. The first-order chi connectivity index (χ1) is 7.99. The lowest BCUT2D eigenvalue weighted by Gasteiger charge is -2.17. The van der Waals surface area contributed by atoms with Gasteiger partial charge in [0.2, 0.25) is 5.75 Å². The molecule has 94 valence electrons. The second-order valence-corrected chi connectivity index (χ2v) is 3.72. The molecular weight excluding hydrogens is 269 g/mol. The molecule has 7 heteroatoms. The first kappa shape index (κ1) is 13.7. The van der Waals surface area contributed by atoms with Gasteiger partial charge in [-0.2, -0.15) is 0 Å². The number of rotatable bonds is 4. The van der Waals surface area contributed by atoms with Crippen LogP contribution in [-0.2, 0) is 0 Å². The molecule has 0 atom stereocenters. The fourth-order valence-corrected chi connectivity index (χ4v) is 2.14. The predicted molar refractivity (Wildman–Crippen MR) is 64.6 cm³/mol. The minimum absolute atomic E-state index is 0.0114. The van der Waals surface area contributed by atoms with Gasteiger partial charge in [0.25, 0.3) is 5.91 Å². The number of halogens is 2. The summed E-state index contributed by atoms with van der Waals surface area (Å²) in [6, 6.07) is 0. The number of primary amides is 1. The van der Waals surface area contributed by atoms with Gasteiger partial charge in [0.05, 0.1) is 26.9 Å². The number of ether oxygens (including phenoxy) is 3. The van der Waals surface area contributed by atoms with Gasteiger partial charge in [0.15, 0.2) is 11.5 Å². The number of methoxy groups -OCH3 is 3. The summed E-state index contributed by atoms with van der Waals surface area (Å²) in [5, 5.41) is -0.0229. The van der Waals surface area contributed by atoms with E-state index in [-0.39, 0.29) is 32.9 Å². The summed E-state index contributed by atoms with van der Waals surface area (Å²) in [5.41, 5.74) is 5.13. The highest BCUT2D eigenvalue weighted by atomic mass is 35.5. The normalized spacial score (nSPS) is 9.94. The lowest BCUT2D eigenvalue weighted by molar-refractivity contribution is 0.1000. The molecule has 2 N–H and O–H groups in total. The Morgan fingerprint density at radius 2 is 1.29 bits per heavy atom. The highest BCUT2D eigenvalue weighted by Gasteiger charge is 2.27. The van der Waals surface area contributed by atoms with Gasteiger partial charge in [0.1, 0.15) is 10.0 Å². The minimum Gasteiger partial charge on any atom is -0.491 e. The zero-order valence-electron chi connectivity index (χ0n) is 9.47. The zero-order valence-corrected chi connectivity index (χ0v) is 11.0. The standard InChI is InChI=1S/C10H11Cl2NO4/c1-15-7-5(11)4(10(13)14)6(12)8(16-2)9(7)17-3/h1-3H3,(H2,13,14). The molecule has 17 heavy (non-hydrogen) atoms. The summed E-state index contributed by atoms with van der Waals surface area (Å²) >= 11 is 12.0. The molecule has 0 saturated carbocycles. The smallest absolute Gasteiger partial charge is 0.252 e. The third kappa shape index (κ3) is 2.21. The van der Waals surface area contributed by atoms with Crippen molar-refractivity contribution >= 4 is 29.1 Å². The molecule has 0 spiro atoms. The summed E-state index contributed by atoms with van der Waals surface area (Å²) in [5.74, 6) is -0.289. The zero-order chi connectivity index (χ0) is 13.2. The van der Waals surface area contributed by atoms with Crippen molar-refractivity contribution in [3.63, 3.8) is 0 Å². The topological polar surface area (TPSA) is 70.8 Å². The first-order valence-electron chi connectivity index (χ1n) is 4.46. The Morgan fingerprint density at radius 3 is 1.53 bits per heavy atom. The van der Waals surface area contributed by atoms with Gasteiger partial charge in [-0.1, -0.05) is 23.2 Å². The number of hydrogen-bond donors (Lipinski definition) is 1. The number of hydrogen-bond acceptors (Lipinski definition) is 4. The molecule has 0 unspecified atom stereocenters. The van der Waals surface area contributed by atoms with E-state index in [0.29, 0.717) is 0 Å². The van der Waals surface area contributed by atoms with Crippen molar-refractivity contribution in [3.05, 3.63) is 15.6 Å². The van der Waals surface area contributed by atoms with E-state index >= 15 is 0 Å². The van der Waals surface area contributed by atoms with Crippen molar-refractivity contribution in [1.29, 1.82) is 0 Å². The molecule has 1 amide bonds. The molecule has 5 nitrogen and oxygen atoms in total. The van der Waals surface area contributed by atoms with Crippen LogP contribution in [0.15, 0.2) is 0 Å². The maximum Gasteiger partial charge on any atom is 0.252 e. The molecule has 0 heterocycles. The summed E-state index contributed by atoms with van der Waals surface area (Å²) in [4.78, 5) is 11.3. The second kappa shape index (κ2) is 5.33. The van der Waals surface area contributed by atoms with Crippen LogP contribution in [0.2, 0.25) is 10.0 Å². The summed E-state index contributed by atoms with van der Waals surface area (Å²) in [6.45, 7) is 0. The summed E-state index contributed by atoms with van der Waals surface area (Å²) in [7, 11) is 4.15. The van der Waals surface area contributed by atoms with E-state index in [1.165, 1.54) is 21.3 Å². The van der Waals surface area contributed by atoms with E-state index in [2.05, 4.69) is 0 Å². The molecule has 1 rings (SSSR count). The van der Waals surface area contributed by atoms with Crippen molar-refractivity contribution in [2.45, 2.75) is 0 Å². The molecule has 0 radical (unpaired) electrons. The van der Waals surface area contributed by atoms with E-state index in [1.807, 2.05) is 0 Å². The molecule has 0 fully saturated rings. The maximum atomic E-state index is 11.3. The van der Waals surface area contributed by atoms with E-state index in [9.17, 15) is 4.79 Å². The summed E-state index contributed by atoms with van der Waals surface area (Å²) < 4.78 is 15.2. The van der Waals surface area contributed by atoms with Crippen molar-refractivity contribution in [2.24, 2.45) is 5.73 Å². The highest BCUT2D eigenvalue weighted by molar-refractivity contribution is 6.41. The van der Waals surface area contributed by atoms with E-state index in [4.69, 9.17) is 43.1 Å². The Bertz CT molecular complexity index is 431. The number of carbonyl (C=O) groups excluding carboxylic acids is 1. The molecule has 0 aliphatic carbocycles. The monoisotopic (exact) mass is 279 g/mol. The van der Waals surface area contributed by atoms with Gasteiger partial charge < -0.3 is 19.9 Å². The van der Waals surface area contributed by atoms with Crippen LogP contribution in [0.5, 0.6) is 17.2 Å². The lowest BCUT2D eigenvalue weighted by Crippen LogP contribution is -2.14. The molecule has 0 aromatic heterocycles. The molecule has 0 saturated heterocycles. The molecule has 0 aliphatic heterocycles. The van der Waals surface area contributed by atoms with Crippen LogP contribution in [0.3, 0.4) is 0 Å². The van der Waals surface area contributed by atoms with Crippen LogP contribution < -0.4 is 19.9 Å². The van der Waals surface area contributed by atoms with E-state index in [0.717, 1.165) is 0 Å². The Kier molecular flexibility index (Phi) is 4.31. The van der Waals surface area contributed by atoms with Crippen LogP contribution in [-0.4, -0.2) is 27.2 Å². The van der Waals surface area contributed by atoms with Crippen LogP contribution in [0.4, 0.5) is 0 Å². The Morgan fingerprint density at radius 1 is 0.941 bits per heavy atom. The van der Waals surface area contributed by atoms with Gasteiger partial charge in [-0.15, -0.1) is 0 Å². The fourth-order valence-electron chi connectivity index (χ4n) is 1.39. The molecule has 1 aromatic carbocycles. The third-order valence-corrected chi connectivity index (χ3v) is 2.83. The average Bonchev–Trinajstić information content (AvgIpc) is 2.27. The lowest BCUT2D eigenvalue weighted by atomic mass is 10.1. The van der Waals surface area contributed by atoms with Crippen LogP contribution in [0.25, 0.3) is 0 Å². The number of benzene rings is 1. The molecule has 1 aromatic rings. The number of nitrogens with two attached hydrogens (primary N) is 1. The van der Waals surface area contributed by atoms with Crippen molar-refractivity contribution in [2.75, 3.05) is 21.3 Å². The van der Waals surface area contributed by atoms with Crippen molar-refractivity contribution < 1.29 is 19.0 Å². The largest absolute Gasteiger partial charge is 0.491 e. The maximum absolute atomic E-state index is 11.3. The van der Waals surface area contributed by atoms with Crippen LogP contribution in [0.1, 0.15) is 10.4 Å². The SMILES string of the molecule is COc1c(Cl)c(C(N)=O)c(Cl)c(OC)c1OC. The van der Waals surface area contributed by atoms with E-state index in [1.54, 1.807) is 0 Å². The fraction of sp³-hybridized carbons (Fsp3) is 0.300. The van der Waals surface area contributed by atoms with Crippen LogP contribution in [0, 0.1) is 0 Å². The van der Waals surface area contributed by atoms with Crippen molar-refractivity contribution in [1.82, 2.24) is 0 Å². The predicted octanol–water partition coefficient (Wildman–Crippen LogP) is 2.12. The van der Waals surface area contributed by atoms with Crippen LogP contribution >= 0.6 is 23.2 Å². The molecular formula is C10H11Cl2NO4. The van der Waals surface area contributed by atoms with Gasteiger partial charge >= 0.3 is 0 Å².